The van der Waals surface area contributed by atoms with E-state index in [0.717, 1.165) is 17.2 Å². The van der Waals surface area contributed by atoms with Crippen molar-refractivity contribution in [1.29, 1.82) is 0 Å². The highest BCUT2D eigenvalue weighted by atomic mass is 32.2. The van der Waals surface area contributed by atoms with Crippen LogP contribution in [0.25, 0.3) is 0 Å². The number of para-hydroxylation sites is 1. The predicted octanol–water partition coefficient (Wildman–Crippen LogP) is 3.37. The molecule has 0 amide bonds. The highest BCUT2D eigenvalue weighted by Gasteiger charge is 2.14. The molecule has 15 heavy (non-hydrogen) atoms. The zero-order chi connectivity index (χ0) is 10.1. The van der Waals surface area contributed by atoms with Gasteiger partial charge in [0, 0.05) is 16.8 Å². The Morgan fingerprint density at radius 2 is 2.13 bits per heavy atom. The number of fused-ring (bicyclic) bond motifs is 1. The average molecular weight is 232 g/mol. The Morgan fingerprint density at radius 1 is 1.20 bits per heavy atom. The molecule has 1 aliphatic rings. The highest BCUT2D eigenvalue weighted by Crippen LogP contribution is 2.34. The molecule has 0 spiro atoms. The first-order chi connectivity index (χ1) is 7.43. The molecule has 2 aromatic rings. The van der Waals surface area contributed by atoms with Crippen LogP contribution in [0.2, 0.25) is 0 Å². The molecule has 0 saturated carbocycles. The Kier molecular flexibility index (Phi) is 2.31. The van der Waals surface area contributed by atoms with Crippen LogP contribution in [0.3, 0.4) is 0 Å². The van der Waals surface area contributed by atoms with Gasteiger partial charge in [-0.3, -0.25) is 4.98 Å². The fourth-order valence-electron chi connectivity index (χ4n) is 1.48. The van der Waals surface area contributed by atoms with Crippen molar-refractivity contribution < 1.29 is 0 Å². The van der Waals surface area contributed by atoms with Gasteiger partial charge in [0.05, 0.1) is 21.8 Å². The van der Waals surface area contributed by atoms with E-state index in [9.17, 15) is 0 Å². The summed E-state index contributed by atoms with van der Waals surface area (Å²) in [4.78, 5) is 11.2. The Hall–Kier alpha value is -1.13. The minimum atomic E-state index is 0.944. The van der Waals surface area contributed by atoms with Crippen molar-refractivity contribution in [2.24, 2.45) is 4.99 Å². The predicted molar refractivity (Wildman–Crippen MR) is 65.5 cm³/mol. The van der Waals surface area contributed by atoms with E-state index in [0.29, 0.717) is 0 Å². The standard InChI is InChI=1S/C11H8N2S2/c1-2-4-10-8(3-1)13-9(6-14-10)11-5-12-7-15-11/h1-5,7H,6H2. The molecule has 74 valence electrons. The van der Waals surface area contributed by atoms with E-state index in [-0.39, 0.29) is 0 Å². The lowest BCUT2D eigenvalue weighted by Gasteiger charge is -2.13. The maximum absolute atomic E-state index is 4.65. The van der Waals surface area contributed by atoms with Crippen molar-refractivity contribution in [3.8, 4) is 0 Å². The summed E-state index contributed by atoms with van der Waals surface area (Å²) in [6, 6.07) is 8.26. The molecule has 0 N–H and O–H groups in total. The molecule has 0 unspecified atom stereocenters. The van der Waals surface area contributed by atoms with Gasteiger partial charge in [0.15, 0.2) is 0 Å². The summed E-state index contributed by atoms with van der Waals surface area (Å²) in [7, 11) is 0. The van der Waals surface area contributed by atoms with Crippen LogP contribution in [0, 0.1) is 0 Å². The molecule has 3 rings (SSSR count). The second-order valence-electron chi connectivity index (χ2n) is 3.18. The monoisotopic (exact) mass is 232 g/mol. The van der Waals surface area contributed by atoms with Crippen LogP contribution in [0.5, 0.6) is 0 Å². The summed E-state index contributed by atoms with van der Waals surface area (Å²) >= 11 is 3.49. The number of hydrogen-bond acceptors (Lipinski definition) is 4. The molecule has 1 aliphatic heterocycles. The summed E-state index contributed by atoms with van der Waals surface area (Å²) in [6.07, 6.45) is 1.89. The normalized spacial score (nSPS) is 14.5. The fourth-order valence-corrected chi connectivity index (χ4v) is 3.13. The minimum absolute atomic E-state index is 0.944. The van der Waals surface area contributed by atoms with E-state index in [1.807, 2.05) is 29.5 Å². The lowest BCUT2D eigenvalue weighted by molar-refractivity contribution is 1.34. The third kappa shape index (κ3) is 1.70. The van der Waals surface area contributed by atoms with E-state index in [1.165, 1.54) is 9.77 Å². The van der Waals surface area contributed by atoms with E-state index < -0.39 is 0 Å². The summed E-state index contributed by atoms with van der Waals surface area (Å²) < 4.78 is 0. The molecule has 0 aliphatic carbocycles. The topological polar surface area (TPSA) is 25.2 Å². The Labute approximate surface area is 96.1 Å². The maximum Gasteiger partial charge on any atom is 0.0798 e. The van der Waals surface area contributed by atoms with E-state index >= 15 is 0 Å². The summed E-state index contributed by atoms with van der Waals surface area (Å²) in [5.41, 5.74) is 4.07. The van der Waals surface area contributed by atoms with Gasteiger partial charge >= 0.3 is 0 Å². The number of thiazole rings is 1. The molecule has 1 aromatic carbocycles. The number of thioether (sulfide) groups is 1. The first-order valence-corrected chi connectivity index (χ1v) is 6.48. The van der Waals surface area contributed by atoms with Gasteiger partial charge in [-0.25, -0.2) is 4.99 Å². The molecule has 0 atom stereocenters. The van der Waals surface area contributed by atoms with Crippen molar-refractivity contribution in [2.75, 3.05) is 5.75 Å². The number of aliphatic imine (C=N–C) groups is 1. The zero-order valence-electron chi connectivity index (χ0n) is 7.88. The van der Waals surface area contributed by atoms with Crippen LogP contribution < -0.4 is 0 Å². The lowest BCUT2D eigenvalue weighted by atomic mass is 10.3. The zero-order valence-corrected chi connectivity index (χ0v) is 9.52. The van der Waals surface area contributed by atoms with Gasteiger partial charge in [-0.15, -0.1) is 23.1 Å². The maximum atomic E-state index is 4.65. The Morgan fingerprint density at radius 3 is 3.00 bits per heavy atom. The molecular weight excluding hydrogens is 224 g/mol. The third-order valence-electron chi connectivity index (χ3n) is 2.20. The van der Waals surface area contributed by atoms with Crippen LogP contribution in [0.1, 0.15) is 4.88 Å². The molecule has 4 heteroatoms. The SMILES string of the molecule is c1ccc2c(c1)N=C(c1cncs1)CS2. The Bertz CT molecular complexity index is 503. The van der Waals surface area contributed by atoms with Crippen LogP contribution >= 0.6 is 23.1 Å². The molecule has 0 saturated heterocycles. The van der Waals surface area contributed by atoms with E-state index in [2.05, 4.69) is 28.2 Å². The van der Waals surface area contributed by atoms with Gasteiger partial charge in [-0.2, -0.15) is 0 Å². The smallest absolute Gasteiger partial charge is 0.0798 e. The van der Waals surface area contributed by atoms with Gasteiger partial charge in [-0.05, 0) is 12.1 Å². The van der Waals surface area contributed by atoms with Crippen LogP contribution in [-0.4, -0.2) is 16.4 Å². The molecule has 0 fully saturated rings. The van der Waals surface area contributed by atoms with Crippen molar-refractivity contribution in [1.82, 2.24) is 4.98 Å². The molecule has 0 radical (unpaired) electrons. The Balaban J connectivity index is 2.06. The van der Waals surface area contributed by atoms with Gasteiger partial charge in [0.2, 0.25) is 0 Å². The highest BCUT2D eigenvalue weighted by molar-refractivity contribution is 8.00. The van der Waals surface area contributed by atoms with Crippen molar-refractivity contribution in [3.05, 3.63) is 40.8 Å². The van der Waals surface area contributed by atoms with Gasteiger partial charge in [-0.1, -0.05) is 12.1 Å². The summed E-state index contributed by atoms with van der Waals surface area (Å²) in [5, 5.41) is 0. The fraction of sp³-hybridized carbons (Fsp3) is 0.0909. The van der Waals surface area contributed by atoms with Crippen molar-refractivity contribution in [3.63, 3.8) is 0 Å². The molecule has 1 aromatic heterocycles. The van der Waals surface area contributed by atoms with Crippen LogP contribution in [0.15, 0.2) is 45.9 Å². The van der Waals surface area contributed by atoms with Crippen molar-refractivity contribution >= 4 is 34.5 Å². The van der Waals surface area contributed by atoms with Crippen LogP contribution in [0.4, 0.5) is 5.69 Å². The molecule has 2 nitrogen and oxygen atoms in total. The third-order valence-corrected chi connectivity index (χ3v) is 4.10. The lowest BCUT2D eigenvalue weighted by Crippen LogP contribution is -2.05. The molecule has 0 bridgehead atoms. The number of nitrogens with zero attached hydrogens (tertiary/aromatic N) is 2. The molecule has 2 heterocycles. The van der Waals surface area contributed by atoms with Crippen molar-refractivity contribution in [2.45, 2.75) is 4.90 Å². The van der Waals surface area contributed by atoms with E-state index in [1.54, 1.807) is 11.3 Å². The minimum Gasteiger partial charge on any atom is -0.252 e. The first-order valence-electron chi connectivity index (χ1n) is 4.62. The van der Waals surface area contributed by atoms with Crippen LogP contribution in [-0.2, 0) is 0 Å². The largest absolute Gasteiger partial charge is 0.252 e. The van der Waals surface area contributed by atoms with Gasteiger partial charge < -0.3 is 0 Å². The average Bonchev–Trinajstić information content (AvgIpc) is 2.82. The summed E-state index contributed by atoms with van der Waals surface area (Å²) in [5.74, 6) is 0.944. The van der Waals surface area contributed by atoms with E-state index in [4.69, 9.17) is 0 Å². The van der Waals surface area contributed by atoms with Gasteiger partial charge in [0.25, 0.3) is 0 Å². The number of hydrogen-bond donors (Lipinski definition) is 0. The second kappa shape index (κ2) is 3.79. The van der Waals surface area contributed by atoms with Gasteiger partial charge in [0.1, 0.15) is 0 Å². The molecular formula is C11H8N2S2. The number of rotatable bonds is 1. The second-order valence-corrected chi connectivity index (χ2v) is 5.08. The first kappa shape index (κ1) is 9.12. The quantitative estimate of drug-likeness (QED) is 0.753. The number of benzene rings is 1. The number of aromatic nitrogens is 1. The summed E-state index contributed by atoms with van der Waals surface area (Å²) in [6.45, 7) is 0.